The highest BCUT2D eigenvalue weighted by Crippen LogP contribution is 2.44. The molecule has 1 aliphatic rings. The van der Waals surface area contributed by atoms with E-state index in [9.17, 15) is 0 Å². The number of nitrogens with one attached hydrogen (secondary N) is 1. The summed E-state index contributed by atoms with van der Waals surface area (Å²) in [7, 11) is 0. The van der Waals surface area contributed by atoms with Crippen molar-refractivity contribution in [2.45, 2.75) is 45.7 Å². The number of hydrogen-bond donors (Lipinski definition) is 1. The summed E-state index contributed by atoms with van der Waals surface area (Å²) in [6.07, 6.45) is 1.85. The lowest BCUT2D eigenvalue weighted by Crippen LogP contribution is -2.29. The summed E-state index contributed by atoms with van der Waals surface area (Å²) >= 11 is 9.48. The van der Waals surface area contributed by atoms with Crippen LogP contribution in [0.5, 0.6) is 0 Å². The number of halogens is 1. The Balaban J connectivity index is 1.65. The molecular formula is C29H29BrN4S. The Morgan fingerprint density at radius 3 is 2.26 bits per heavy atom. The van der Waals surface area contributed by atoms with Crippen LogP contribution in [0.25, 0.3) is 5.69 Å². The highest BCUT2D eigenvalue weighted by Gasteiger charge is 2.42. The van der Waals surface area contributed by atoms with E-state index >= 15 is 0 Å². The first-order valence-corrected chi connectivity index (χ1v) is 13.1. The summed E-state index contributed by atoms with van der Waals surface area (Å²) in [5.74, 6) is 0.481. The van der Waals surface area contributed by atoms with Gasteiger partial charge in [0, 0.05) is 33.4 Å². The van der Waals surface area contributed by atoms with Crippen molar-refractivity contribution in [3.63, 3.8) is 0 Å². The molecule has 0 unspecified atom stereocenters. The molecule has 1 N–H and O–H groups in total. The highest BCUT2D eigenvalue weighted by molar-refractivity contribution is 9.10. The average Bonchev–Trinajstić information content (AvgIpc) is 3.35. The predicted molar refractivity (Wildman–Crippen MR) is 151 cm³/mol. The summed E-state index contributed by atoms with van der Waals surface area (Å²) < 4.78 is 3.39. The molecule has 3 heterocycles. The van der Waals surface area contributed by atoms with E-state index in [1.54, 1.807) is 0 Å². The van der Waals surface area contributed by atoms with Gasteiger partial charge in [-0.15, -0.1) is 0 Å². The summed E-state index contributed by atoms with van der Waals surface area (Å²) in [4.78, 5) is 6.96. The van der Waals surface area contributed by atoms with Crippen LogP contribution in [0.3, 0.4) is 0 Å². The topological polar surface area (TPSA) is 33.1 Å². The second kappa shape index (κ2) is 9.59. The number of nitrogens with zero attached hydrogens (tertiary/aromatic N) is 3. The summed E-state index contributed by atoms with van der Waals surface area (Å²) in [6.45, 7) is 8.79. The molecule has 0 amide bonds. The second-order valence-corrected chi connectivity index (χ2v) is 10.7. The highest BCUT2D eigenvalue weighted by atomic mass is 79.9. The van der Waals surface area contributed by atoms with Crippen LogP contribution in [0.4, 0.5) is 5.69 Å². The van der Waals surface area contributed by atoms with Crippen LogP contribution in [-0.2, 0) is 0 Å². The fourth-order valence-corrected chi connectivity index (χ4v) is 5.65. The number of hydrogen-bond acceptors (Lipinski definition) is 2. The fraction of sp³-hybridized carbons (Fsp3) is 0.241. The number of anilines is 1. The Kier molecular flexibility index (Phi) is 6.51. The molecule has 35 heavy (non-hydrogen) atoms. The Labute approximate surface area is 221 Å². The van der Waals surface area contributed by atoms with Crippen LogP contribution in [0.15, 0.2) is 83.5 Å². The Hall–Kier alpha value is -2.96. The third-order valence-corrected chi connectivity index (χ3v) is 7.65. The third kappa shape index (κ3) is 4.41. The van der Waals surface area contributed by atoms with Gasteiger partial charge < -0.3 is 14.8 Å². The smallest absolute Gasteiger partial charge is 0.174 e. The summed E-state index contributed by atoms with van der Waals surface area (Å²) in [5, 5.41) is 4.31. The molecular weight excluding hydrogens is 516 g/mol. The first-order valence-electron chi connectivity index (χ1n) is 11.9. The molecule has 4 aromatic rings. The maximum Gasteiger partial charge on any atom is 0.174 e. The van der Waals surface area contributed by atoms with Gasteiger partial charge in [0.15, 0.2) is 5.11 Å². The van der Waals surface area contributed by atoms with Crippen LogP contribution in [-0.4, -0.2) is 14.7 Å². The van der Waals surface area contributed by atoms with Crippen LogP contribution in [0.2, 0.25) is 0 Å². The second-order valence-electron chi connectivity index (χ2n) is 9.38. The Morgan fingerprint density at radius 2 is 1.63 bits per heavy atom. The minimum Gasteiger partial charge on any atom is -0.351 e. The van der Waals surface area contributed by atoms with Gasteiger partial charge >= 0.3 is 0 Å². The molecule has 2 atom stereocenters. The summed E-state index contributed by atoms with van der Waals surface area (Å²) in [6, 6.07) is 25.5. The van der Waals surface area contributed by atoms with Crippen molar-refractivity contribution in [3.05, 3.63) is 112 Å². The van der Waals surface area contributed by atoms with Crippen LogP contribution >= 0.6 is 28.1 Å². The molecule has 0 radical (unpaired) electrons. The lowest BCUT2D eigenvalue weighted by Gasteiger charge is -2.28. The maximum absolute atomic E-state index is 5.93. The molecule has 5 rings (SSSR count). The maximum atomic E-state index is 5.93. The zero-order valence-corrected chi connectivity index (χ0v) is 22.8. The zero-order valence-electron chi connectivity index (χ0n) is 20.4. The molecule has 4 nitrogen and oxygen atoms in total. The van der Waals surface area contributed by atoms with Gasteiger partial charge in [0.1, 0.15) is 0 Å². The molecule has 2 aromatic heterocycles. The minimum atomic E-state index is -0.0626. The van der Waals surface area contributed by atoms with Gasteiger partial charge in [-0.3, -0.25) is 4.98 Å². The first-order chi connectivity index (χ1) is 16.8. The molecule has 2 aromatic carbocycles. The molecule has 0 saturated carbocycles. The molecule has 0 aliphatic carbocycles. The first kappa shape index (κ1) is 23.8. The molecule has 1 fully saturated rings. The van der Waals surface area contributed by atoms with E-state index in [4.69, 9.17) is 17.2 Å². The van der Waals surface area contributed by atoms with Crippen LogP contribution in [0, 0.1) is 13.8 Å². The van der Waals surface area contributed by atoms with Gasteiger partial charge in [-0.25, -0.2) is 0 Å². The third-order valence-electron chi connectivity index (χ3n) is 6.81. The number of pyridine rings is 1. The van der Waals surface area contributed by atoms with Gasteiger partial charge in [0.05, 0.1) is 17.8 Å². The molecule has 0 bridgehead atoms. The molecule has 0 spiro atoms. The fourth-order valence-electron chi connectivity index (χ4n) is 5.04. The lowest BCUT2D eigenvalue weighted by molar-refractivity contribution is 0.565. The van der Waals surface area contributed by atoms with E-state index in [0.717, 1.165) is 26.7 Å². The van der Waals surface area contributed by atoms with E-state index < -0.39 is 0 Å². The van der Waals surface area contributed by atoms with Crippen molar-refractivity contribution < 1.29 is 0 Å². The largest absolute Gasteiger partial charge is 0.351 e. The monoisotopic (exact) mass is 544 g/mol. The van der Waals surface area contributed by atoms with Gasteiger partial charge in [-0.05, 0) is 97.7 Å². The van der Waals surface area contributed by atoms with Crippen molar-refractivity contribution in [1.29, 1.82) is 0 Å². The van der Waals surface area contributed by atoms with Gasteiger partial charge in [-0.1, -0.05) is 48.0 Å². The number of rotatable bonds is 5. The Morgan fingerprint density at radius 1 is 0.943 bits per heavy atom. The number of aryl methyl sites for hydroxylation is 1. The molecule has 1 saturated heterocycles. The van der Waals surface area contributed by atoms with E-state index in [-0.39, 0.29) is 12.1 Å². The predicted octanol–water partition coefficient (Wildman–Crippen LogP) is 7.55. The van der Waals surface area contributed by atoms with Crippen molar-refractivity contribution in [3.8, 4) is 5.69 Å². The zero-order chi connectivity index (χ0) is 24.7. The lowest BCUT2D eigenvalue weighted by atomic mass is 9.96. The van der Waals surface area contributed by atoms with Crippen LogP contribution in [0.1, 0.15) is 60.1 Å². The quantitative estimate of drug-likeness (QED) is 0.263. The van der Waals surface area contributed by atoms with Crippen molar-refractivity contribution in [2.24, 2.45) is 0 Å². The van der Waals surface area contributed by atoms with E-state index in [0.29, 0.717) is 5.92 Å². The number of benzene rings is 2. The Bertz CT molecular complexity index is 1340. The standard InChI is InChI=1S/C29H29BrN4S/c1-18(2)21-8-12-24(13-9-21)34-28(27(32-29(34)35)26-7-5-6-16-31-26)25-17-19(3)33(20(25)4)23-14-10-22(30)11-15-23/h5-18,27-28H,1-4H3,(H,32,35)/t27-,28+/m0/s1. The van der Waals surface area contributed by atoms with Gasteiger partial charge in [0.25, 0.3) is 0 Å². The van der Waals surface area contributed by atoms with Gasteiger partial charge in [0.2, 0.25) is 0 Å². The van der Waals surface area contributed by atoms with Crippen molar-refractivity contribution in [1.82, 2.24) is 14.9 Å². The van der Waals surface area contributed by atoms with Crippen LogP contribution < -0.4 is 10.2 Å². The average molecular weight is 546 g/mol. The molecule has 178 valence electrons. The minimum absolute atomic E-state index is 0.0299. The van der Waals surface area contributed by atoms with E-state index in [2.05, 4.69) is 119 Å². The molecule has 6 heteroatoms. The number of thiocarbonyl (C=S) groups is 1. The summed E-state index contributed by atoms with van der Waals surface area (Å²) in [5.41, 5.74) is 8.15. The van der Waals surface area contributed by atoms with E-state index in [1.165, 1.54) is 22.5 Å². The molecule has 1 aliphatic heterocycles. The normalized spacial score (nSPS) is 17.8. The SMILES string of the molecule is Cc1cc([C@@H]2[C@H](c3ccccn3)NC(=S)N2c2ccc(C(C)C)cc2)c(C)n1-c1ccc(Br)cc1. The van der Waals surface area contributed by atoms with E-state index in [1.807, 2.05) is 18.3 Å². The number of aromatic nitrogens is 2. The van der Waals surface area contributed by atoms with Crippen molar-refractivity contribution >= 4 is 38.9 Å². The van der Waals surface area contributed by atoms with Gasteiger partial charge in [-0.2, -0.15) is 0 Å². The van der Waals surface area contributed by atoms with Crippen molar-refractivity contribution in [2.75, 3.05) is 4.90 Å².